The molecule has 0 spiro atoms. The summed E-state index contributed by atoms with van der Waals surface area (Å²) in [6, 6.07) is 0. The molecule has 2 rings (SSSR count). The molecule has 2 fully saturated rings. The van der Waals surface area contributed by atoms with Gasteiger partial charge in [0.15, 0.2) is 5.96 Å². The average Bonchev–Trinajstić information content (AvgIpc) is 2.67. The van der Waals surface area contributed by atoms with E-state index in [1.807, 2.05) is 7.05 Å². The van der Waals surface area contributed by atoms with E-state index in [0.717, 1.165) is 64.5 Å². The number of carbonyl (C=O) groups is 1. The van der Waals surface area contributed by atoms with Gasteiger partial charge in [-0.3, -0.25) is 9.79 Å². The smallest absolute Gasteiger partial charge is 0.220 e. The molecule has 2 aliphatic rings. The number of amides is 1. The maximum atomic E-state index is 11.2. The second-order valence-electron chi connectivity index (χ2n) is 7.55. The molecule has 0 atom stereocenters. The summed E-state index contributed by atoms with van der Waals surface area (Å²) in [7, 11) is 1.83. The number of rotatable bonds is 9. The highest BCUT2D eigenvalue weighted by molar-refractivity contribution is 5.79. The number of piperidine rings is 2. The zero-order chi connectivity index (χ0) is 18.6. The number of nitrogens with zero attached hydrogens (tertiary/aromatic N) is 3. The number of hydrogen-bond acceptors (Lipinski definition) is 4. The summed E-state index contributed by atoms with van der Waals surface area (Å²) in [5, 5.41) is 6.82. The monoisotopic (exact) mass is 366 g/mol. The van der Waals surface area contributed by atoms with Gasteiger partial charge in [0.05, 0.1) is 0 Å². The largest absolute Gasteiger partial charge is 0.369 e. The topological polar surface area (TPSA) is 86.0 Å². The maximum Gasteiger partial charge on any atom is 0.220 e. The lowest BCUT2D eigenvalue weighted by molar-refractivity contribution is -0.123. The van der Waals surface area contributed by atoms with Crippen molar-refractivity contribution in [3.05, 3.63) is 0 Å². The zero-order valence-corrected chi connectivity index (χ0v) is 16.5. The van der Waals surface area contributed by atoms with Crippen LogP contribution in [0.1, 0.15) is 44.9 Å². The van der Waals surface area contributed by atoms with E-state index in [1.54, 1.807) is 0 Å². The van der Waals surface area contributed by atoms with Crippen LogP contribution in [0.15, 0.2) is 4.99 Å². The van der Waals surface area contributed by atoms with Gasteiger partial charge in [-0.25, -0.2) is 0 Å². The maximum absolute atomic E-state index is 11.2. The predicted molar refractivity (Wildman–Crippen MR) is 107 cm³/mol. The Bertz CT molecular complexity index is 428. The Morgan fingerprint density at radius 3 is 2.27 bits per heavy atom. The third-order valence-corrected chi connectivity index (χ3v) is 5.58. The summed E-state index contributed by atoms with van der Waals surface area (Å²) in [5.74, 6) is 0.865. The summed E-state index contributed by atoms with van der Waals surface area (Å²) in [6.07, 6.45) is 8.20. The van der Waals surface area contributed by atoms with Crippen LogP contribution in [0.3, 0.4) is 0 Å². The van der Waals surface area contributed by atoms with Crippen molar-refractivity contribution in [1.29, 1.82) is 0 Å². The molecule has 0 aromatic carbocycles. The Kier molecular flexibility index (Phi) is 9.77. The van der Waals surface area contributed by atoms with Gasteiger partial charge in [0.25, 0.3) is 0 Å². The van der Waals surface area contributed by atoms with Crippen molar-refractivity contribution in [1.82, 2.24) is 20.4 Å². The van der Waals surface area contributed by atoms with Crippen LogP contribution < -0.4 is 16.4 Å². The van der Waals surface area contributed by atoms with Crippen molar-refractivity contribution in [3.8, 4) is 0 Å². The normalized spacial score (nSPS) is 20.9. The molecule has 150 valence electrons. The summed E-state index contributed by atoms with van der Waals surface area (Å²) in [6.45, 7) is 8.59. The minimum atomic E-state index is -0.131. The van der Waals surface area contributed by atoms with Gasteiger partial charge in [0.2, 0.25) is 5.91 Å². The molecule has 0 radical (unpaired) electrons. The number of aliphatic imine (C=N–C) groups is 1. The third kappa shape index (κ3) is 7.91. The van der Waals surface area contributed by atoms with E-state index in [0.29, 0.717) is 0 Å². The van der Waals surface area contributed by atoms with E-state index in [2.05, 4.69) is 25.4 Å². The minimum Gasteiger partial charge on any atom is -0.369 e. The molecule has 0 aromatic rings. The quantitative estimate of drug-likeness (QED) is 0.316. The zero-order valence-electron chi connectivity index (χ0n) is 16.5. The van der Waals surface area contributed by atoms with Crippen LogP contribution in [0, 0.1) is 5.92 Å². The standard InChI is InChI=1S/C19H38N6O/c1-21-19(23-10-16-24-11-4-2-5-12-24)22-9-3-6-13-25-14-7-17(8-15-25)18(20)26/h17H,2-16H2,1H3,(H2,20,26)(H2,21,22,23). The lowest BCUT2D eigenvalue weighted by Crippen LogP contribution is -2.43. The summed E-state index contributed by atoms with van der Waals surface area (Å²) < 4.78 is 0. The molecule has 0 unspecified atom stereocenters. The highest BCUT2D eigenvalue weighted by Crippen LogP contribution is 2.16. The highest BCUT2D eigenvalue weighted by Gasteiger charge is 2.22. The van der Waals surface area contributed by atoms with Gasteiger partial charge in [-0.2, -0.15) is 0 Å². The Morgan fingerprint density at radius 1 is 0.962 bits per heavy atom. The van der Waals surface area contributed by atoms with Gasteiger partial charge < -0.3 is 26.2 Å². The molecular weight excluding hydrogens is 328 g/mol. The van der Waals surface area contributed by atoms with Crippen molar-refractivity contribution < 1.29 is 4.79 Å². The molecule has 2 heterocycles. The Labute approximate surface area is 158 Å². The number of likely N-dealkylation sites (tertiary alicyclic amines) is 2. The van der Waals surface area contributed by atoms with Crippen LogP contribution >= 0.6 is 0 Å². The lowest BCUT2D eigenvalue weighted by Gasteiger charge is -2.30. The first-order chi connectivity index (χ1) is 12.7. The molecule has 7 nitrogen and oxygen atoms in total. The summed E-state index contributed by atoms with van der Waals surface area (Å²) >= 11 is 0. The molecule has 0 bridgehead atoms. The molecule has 4 N–H and O–H groups in total. The van der Waals surface area contributed by atoms with E-state index in [1.165, 1.54) is 38.8 Å². The van der Waals surface area contributed by atoms with Crippen LogP contribution in [0.25, 0.3) is 0 Å². The van der Waals surface area contributed by atoms with Crippen molar-refractivity contribution in [2.75, 3.05) is 59.4 Å². The average molecular weight is 367 g/mol. The van der Waals surface area contributed by atoms with Gasteiger partial charge in [-0.15, -0.1) is 0 Å². The number of unbranched alkanes of at least 4 members (excludes halogenated alkanes) is 1. The summed E-state index contributed by atoms with van der Waals surface area (Å²) in [4.78, 5) is 20.5. The van der Waals surface area contributed by atoms with E-state index < -0.39 is 0 Å². The second kappa shape index (κ2) is 12.1. The van der Waals surface area contributed by atoms with Gasteiger partial charge in [0.1, 0.15) is 0 Å². The van der Waals surface area contributed by atoms with E-state index in [-0.39, 0.29) is 11.8 Å². The number of hydrogen-bond donors (Lipinski definition) is 3. The SMILES string of the molecule is CN=C(NCCCCN1CCC(C(N)=O)CC1)NCCN1CCCCC1. The van der Waals surface area contributed by atoms with Gasteiger partial charge >= 0.3 is 0 Å². The Hall–Kier alpha value is -1.34. The molecule has 0 aliphatic carbocycles. The number of nitrogens with one attached hydrogen (secondary N) is 2. The van der Waals surface area contributed by atoms with E-state index in [9.17, 15) is 4.79 Å². The Morgan fingerprint density at radius 2 is 1.62 bits per heavy atom. The number of guanidine groups is 1. The second-order valence-corrected chi connectivity index (χ2v) is 7.55. The Balaban J connectivity index is 1.47. The molecule has 1 amide bonds. The minimum absolute atomic E-state index is 0.0900. The van der Waals surface area contributed by atoms with Crippen LogP contribution in [0.2, 0.25) is 0 Å². The molecule has 7 heteroatoms. The predicted octanol–water partition coefficient (Wildman–Crippen LogP) is 0.615. The van der Waals surface area contributed by atoms with E-state index >= 15 is 0 Å². The fraction of sp³-hybridized carbons (Fsp3) is 0.895. The lowest BCUT2D eigenvalue weighted by atomic mass is 9.96. The molecule has 0 saturated carbocycles. The fourth-order valence-electron chi connectivity index (χ4n) is 3.84. The third-order valence-electron chi connectivity index (χ3n) is 5.58. The van der Waals surface area contributed by atoms with Crippen LogP contribution in [-0.4, -0.2) is 81.1 Å². The molecule has 2 saturated heterocycles. The van der Waals surface area contributed by atoms with E-state index in [4.69, 9.17) is 5.73 Å². The van der Waals surface area contributed by atoms with Crippen molar-refractivity contribution in [3.63, 3.8) is 0 Å². The first-order valence-corrected chi connectivity index (χ1v) is 10.4. The van der Waals surface area contributed by atoms with Crippen LogP contribution in [-0.2, 0) is 4.79 Å². The molecule has 2 aliphatic heterocycles. The number of primary amides is 1. The van der Waals surface area contributed by atoms with Gasteiger partial charge in [-0.05, 0) is 71.2 Å². The van der Waals surface area contributed by atoms with Crippen molar-refractivity contribution >= 4 is 11.9 Å². The number of carbonyl (C=O) groups excluding carboxylic acids is 1. The van der Waals surface area contributed by atoms with Crippen LogP contribution in [0.4, 0.5) is 0 Å². The number of nitrogens with two attached hydrogens (primary N) is 1. The molecular formula is C19H38N6O. The highest BCUT2D eigenvalue weighted by atomic mass is 16.1. The molecule has 0 aromatic heterocycles. The van der Waals surface area contributed by atoms with Gasteiger partial charge in [-0.1, -0.05) is 6.42 Å². The summed E-state index contributed by atoms with van der Waals surface area (Å²) in [5.41, 5.74) is 5.39. The van der Waals surface area contributed by atoms with Crippen LogP contribution in [0.5, 0.6) is 0 Å². The van der Waals surface area contributed by atoms with Crippen molar-refractivity contribution in [2.24, 2.45) is 16.6 Å². The fourth-order valence-corrected chi connectivity index (χ4v) is 3.84. The van der Waals surface area contributed by atoms with Gasteiger partial charge in [0, 0.05) is 32.6 Å². The van der Waals surface area contributed by atoms with Crippen molar-refractivity contribution in [2.45, 2.75) is 44.9 Å². The first-order valence-electron chi connectivity index (χ1n) is 10.4. The first kappa shape index (κ1) is 21.0. The molecule has 26 heavy (non-hydrogen) atoms.